The molecule has 0 heterocycles. The van der Waals surface area contributed by atoms with Gasteiger partial charge in [-0.1, -0.05) is 38.1 Å². The van der Waals surface area contributed by atoms with Crippen LogP contribution in [0, 0.1) is 5.92 Å². The maximum Gasteiger partial charge on any atom is 0.215 e. The van der Waals surface area contributed by atoms with Crippen molar-refractivity contribution >= 4 is 10.0 Å². The van der Waals surface area contributed by atoms with Gasteiger partial charge in [-0.3, -0.25) is 0 Å². The minimum absolute atomic E-state index is 0.0516. The Balaban J connectivity index is 1.85. The van der Waals surface area contributed by atoms with Gasteiger partial charge in [0.05, 0.1) is 5.75 Å². The number of hydrogen-bond acceptors (Lipinski definition) is 3. The molecule has 1 aliphatic carbocycles. The molecule has 2 N–H and O–H groups in total. The van der Waals surface area contributed by atoms with Crippen LogP contribution in [0.5, 0.6) is 0 Å². The molecule has 0 atom stereocenters. The Bertz CT molecular complexity index is 519. The third-order valence-corrected chi connectivity index (χ3v) is 4.58. The molecule has 0 amide bonds. The Morgan fingerprint density at radius 2 is 1.75 bits per heavy atom. The van der Waals surface area contributed by atoms with Gasteiger partial charge in [0.15, 0.2) is 0 Å². The summed E-state index contributed by atoms with van der Waals surface area (Å²) in [6.07, 6.45) is 2.55. The van der Waals surface area contributed by atoms with Gasteiger partial charge in [0.2, 0.25) is 10.0 Å². The number of nitrogens with one attached hydrogen (secondary N) is 2. The van der Waals surface area contributed by atoms with Crippen molar-refractivity contribution in [3.8, 4) is 0 Å². The zero-order valence-electron chi connectivity index (χ0n) is 12.2. The van der Waals surface area contributed by atoms with Crippen molar-refractivity contribution in [3.05, 3.63) is 35.4 Å². The molecule has 112 valence electrons. The van der Waals surface area contributed by atoms with Gasteiger partial charge in [0.25, 0.3) is 0 Å². The fraction of sp³-hybridized carbons (Fsp3) is 0.600. The minimum atomic E-state index is -3.22. The molecule has 1 aromatic rings. The van der Waals surface area contributed by atoms with Crippen LogP contribution >= 0.6 is 0 Å². The normalized spacial score (nSPS) is 15.8. The van der Waals surface area contributed by atoms with Crippen LogP contribution in [0.3, 0.4) is 0 Å². The summed E-state index contributed by atoms with van der Waals surface area (Å²) in [6, 6.07) is 8.50. The summed E-state index contributed by atoms with van der Waals surface area (Å²) < 4.78 is 26.4. The quantitative estimate of drug-likeness (QED) is 0.771. The molecule has 0 bridgehead atoms. The highest BCUT2D eigenvalue weighted by Gasteiger charge is 2.19. The molecule has 1 aromatic carbocycles. The topological polar surface area (TPSA) is 58.2 Å². The van der Waals surface area contributed by atoms with E-state index in [1.807, 2.05) is 38.1 Å². The first-order valence-corrected chi connectivity index (χ1v) is 8.88. The van der Waals surface area contributed by atoms with Crippen molar-refractivity contribution in [1.82, 2.24) is 10.0 Å². The maximum atomic E-state index is 11.9. The lowest BCUT2D eigenvalue weighted by Gasteiger charge is -2.09. The van der Waals surface area contributed by atoms with Crippen LogP contribution in [0.2, 0.25) is 0 Å². The lowest BCUT2D eigenvalue weighted by molar-refractivity contribution is 0.559. The van der Waals surface area contributed by atoms with Gasteiger partial charge in [-0.05, 0) is 29.9 Å². The Morgan fingerprint density at radius 1 is 1.15 bits per heavy atom. The Morgan fingerprint density at radius 3 is 2.30 bits per heavy atom. The molecule has 0 aliphatic heterocycles. The second kappa shape index (κ2) is 6.70. The van der Waals surface area contributed by atoms with E-state index in [1.165, 1.54) is 18.4 Å². The number of rotatable bonds is 8. The van der Waals surface area contributed by atoms with Crippen molar-refractivity contribution in [3.63, 3.8) is 0 Å². The third-order valence-electron chi connectivity index (χ3n) is 3.26. The van der Waals surface area contributed by atoms with Crippen molar-refractivity contribution < 1.29 is 8.42 Å². The average Bonchev–Trinajstić information content (AvgIpc) is 3.19. The highest BCUT2D eigenvalue weighted by atomic mass is 32.2. The third kappa shape index (κ3) is 5.61. The standard InChI is InChI=1S/C15H24N2O2S/c1-12(2)9-17-20(18,19)11-14-5-3-13(4-6-14)10-16-15-7-8-15/h3-6,12,15-17H,7-11H2,1-2H3. The predicted molar refractivity (Wildman–Crippen MR) is 81.8 cm³/mol. The van der Waals surface area contributed by atoms with E-state index >= 15 is 0 Å². The van der Waals surface area contributed by atoms with Gasteiger partial charge < -0.3 is 5.32 Å². The molecule has 4 nitrogen and oxygen atoms in total. The van der Waals surface area contributed by atoms with Crippen molar-refractivity contribution in [2.24, 2.45) is 5.92 Å². The van der Waals surface area contributed by atoms with Gasteiger partial charge in [0.1, 0.15) is 0 Å². The fourth-order valence-electron chi connectivity index (χ4n) is 1.87. The number of benzene rings is 1. The molecule has 0 unspecified atom stereocenters. The first kappa shape index (κ1) is 15.5. The summed E-state index contributed by atoms with van der Waals surface area (Å²) in [5.41, 5.74) is 2.03. The van der Waals surface area contributed by atoms with E-state index in [4.69, 9.17) is 0 Å². The molecule has 2 rings (SSSR count). The van der Waals surface area contributed by atoms with Crippen molar-refractivity contribution in [1.29, 1.82) is 0 Å². The number of hydrogen-bond donors (Lipinski definition) is 2. The fourth-order valence-corrected chi connectivity index (χ4v) is 3.19. The summed E-state index contributed by atoms with van der Waals surface area (Å²) in [5.74, 6) is 0.372. The van der Waals surface area contributed by atoms with Crippen LogP contribution in [0.1, 0.15) is 37.8 Å². The lowest BCUT2D eigenvalue weighted by Crippen LogP contribution is -2.28. The highest BCUT2D eigenvalue weighted by molar-refractivity contribution is 7.88. The van der Waals surface area contributed by atoms with Crippen LogP contribution in [0.15, 0.2) is 24.3 Å². The Hall–Kier alpha value is -0.910. The summed E-state index contributed by atoms with van der Waals surface area (Å²) in [4.78, 5) is 0. The zero-order valence-corrected chi connectivity index (χ0v) is 13.0. The maximum absolute atomic E-state index is 11.9. The minimum Gasteiger partial charge on any atom is -0.310 e. The summed E-state index contributed by atoms with van der Waals surface area (Å²) in [6.45, 7) is 5.34. The number of sulfonamides is 1. The molecule has 0 radical (unpaired) electrons. The lowest BCUT2D eigenvalue weighted by atomic mass is 10.1. The molecule has 1 aliphatic rings. The Kier molecular flexibility index (Phi) is 5.18. The van der Waals surface area contributed by atoms with Crippen LogP contribution in [0.25, 0.3) is 0 Å². The van der Waals surface area contributed by atoms with Gasteiger partial charge in [0, 0.05) is 19.1 Å². The van der Waals surface area contributed by atoms with Gasteiger partial charge in [-0.2, -0.15) is 0 Å². The van der Waals surface area contributed by atoms with Crippen molar-refractivity contribution in [2.75, 3.05) is 6.54 Å². The van der Waals surface area contributed by atoms with Crippen LogP contribution in [-0.2, 0) is 22.3 Å². The molecule has 5 heteroatoms. The van der Waals surface area contributed by atoms with E-state index in [1.54, 1.807) is 0 Å². The van der Waals surface area contributed by atoms with Crippen LogP contribution in [-0.4, -0.2) is 21.0 Å². The van der Waals surface area contributed by atoms with Gasteiger partial charge in [-0.15, -0.1) is 0 Å². The second-order valence-electron chi connectivity index (χ2n) is 5.97. The van der Waals surface area contributed by atoms with Gasteiger partial charge >= 0.3 is 0 Å². The van der Waals surface area contributed by atoms with E-state index in [0.29, 0.717) is 18.5 Å². The van der Waals surface area contributed by atoms with E-state index in [9.17, 15) is 8.42 Å². The molecule has 0 spiro atoms. The molecule has 1 fully saturated rings. The largest absolute Gasteiger partial charge is 0.310 e. The van der Waals surface area contributed by atoms with Gasteiger partial charge in [-0.25, -0.2) is 13.1 Å². The average molecular weight is 296 g/mol. The molecule has 0 saturated heterocycles. The predicted octanol–water partition coefficient (Wildman–Crippen LogP) is 2.01. The van der Waals surface area contributed by atoms with E-state index in [-0.39, 0.29) is 5.75 Å². The highest BCUT2D eigenvalue weighted by Crippen LogP contribution is 2.19. The summed E-state index contributed by atoms with van der Waals surface area (Å²) in [7, 11) is -3.22. The zero-order chi connectivity index (χ0) is 14.6. The van der Waals surface area contributed by atoms with Crippen LogP contribution < -0.4 is 10.0 Å². The van der Waals surface area contributed by atoms with E-state index in [2.05, 4.69) is 10.0 Å². The molecular weight excluding hydrogens is 272 g/mol. The molecule has 20 heavy (non-hydrogen) atoms. The summed E-state index contributed by atoms with van der Waals surface area (Å²) in [5, 5.41) is 3.44. The smallest absolute Gasteiger partial charge is 0.215 e. The summed E-state index contributed by atoms with van der Waals surface area (Å²) >= 11 is 0. The molecular formula is C15H24N2O2S. The van der Waals surface area contributed by atoms with E-state index in [0.717, 1.165) is 12.1 Å². The second-order valence-corrected chi connectivity index (χ2v) is 7.78. The first-order valence-electron chi connectivity index (χ1n) is 7.23. The molecule has 1 saturated carbocycles. The van der Waals surface area contributed by atoms with E-state index < -0.39 is 10.0 Å². The van der Waals surface area contributed by atoms with Crippen LogP contribution in [0.4, 0.5) is 0 Å². The SMILES string of the molecule is CC(C)CNS(=O)(=O)Cc1ccc(CNC2CC2)cc1. The monoisotopic (exact) mass is 296 g/mol. The molecule has 0 aromatic heterocycles. The van der Waals surface area contributed by atoms with Crippen molar-refractivity contribution in [2.45, 2.75) is 45.0 Å². The first-order chi connectivity index (χ1) is 9.44. The Labute approximate surface area is 122 Å².